The van der Waals surface area contributed by atoms with Crippen molar-refractivity contribution < 1.29 is 19.4 Å². The van der Waals surface area contributed by atoms with Gasteiger partial charge < -0.3 is 15.5 Å². The van der Waals surface area contributed by atoms with E-state index in [1.165, 1.54) is 12.1 Å². The molecule has 2 atom stereocenters. The van der Waals surface area contributed by atoms with Gasteiger partial charge in [-0.25, -0.2) is 4.39 Å². The second-order valence-electron chi connectivity index (χ2n) is 4.99. The van der Waals surface area contributed by atoms with Gasteiger partial charge in [-0.05, 0) is 25.0 Å². The van der Waals surface area contributed by atoms with Gasteiger partial charge >= 0.3 is 0 Å². The van der Waals surface area contributed by atoms with Crippen molar-refractivity contribution in [1.29, 1.82) is 0 Å². The number of hydrogen-bond acceptors (Lipinski definition) is 3. The summed E-state index contributed by atoms with van der Waals surface area (Å²) in [4.78, 5) is 11.8. The summed E-state index contributed by atoms with van der Waals surface area (Å²) in [7, 11) is 0. The van der Waals surface area contributed by atoms with Crippen LogP contribution in [0.2, 0.25) is 0 Å². The highest BCUT2D eigenvalue weighted by Gasteiger charge is 2.23. The second kappa shape index (κ2) is 6.02. The van der Waals surface area contributed by atoms with E-state index >= 15 is 0 Å². The van der Waals surface area contributed by atoms with Gasteiger partial charge in [0.25, 0.3) is 5.91 Å². The molecule has 0 spiro atoms. The molecule has 0 aliphatic heterocycles. The van der Waals surface area contributed by atoms with Gasteiger partial charge in [-0.2, -0.15) is 0 Å². The lowest BCUT2D eigenvalue weighted by molar-refractivity contribution is 0.0662. The third kappa shape index (κ3) is 3.44. The highest BCUT2D eigenvalue weighted by molar-refractivity contribution is 5.94. The van der Waals surface area contributed by atoms with Gasteiger partial charge in [0.1, 0.15) is 11.6 Å². The van der Waals surface area contributed by atoms with Gasteiger partial charge in [0.15, 0.2) is 0 Å². The zero-order valence-electron chi connectivity index (χ0n) is 10.6. The fourth-order valence-electron chi connectivity index (χ4n) is 2.43. The van der Waals surface area contributed by atoms with Crippen molar-refractivity contribution in [3.8, 4) is 5.75 Å². The number of carbonyl (C=O) groups is 1. The molecule has 1 saturated carbocycles. The summed E-state index contributed by atoms with van der Waals surface area (Å²) >= 11 is 0. The maximum Gasteiger partial charge on any atom is 0.254 e. The highest BCUT2D eigenvalue weighted by Crippen LogP contribution is 2.23. The fourth-order valence-corrected chi connectivity index (χ4v) is 2.43. The van der Waals surface area contributed by atoms with Crippen LogP contribution in [0.25, 0.3) is 0 Å². The van der Waals surface area contributed by atoms with Crippen LogP contribution in [0.15, 0.2) is 18.2 Å². The lowest BCUT2D eigenvalue weighted by Gasteiger charge is -2.27. The number of halogens is 1. The number of phenols is 1. The molecular formula is C14H18FNO3. The Morgan fingerprint density at radius 2 is 2.11 bits per heavy atom. The molecule has 1 fully saturated rings. The van der Waals surface area contributed by atoms with Crippen molar-refractivity contribution in [2.45, 2.75) is 31.8 Å². The van der Waals surface area contributed by atoms with Gasteiger partial charge in [0.2, 0.25) is 0 Å². The lowest BCUT2D eigenvalue weighted by atomic mass is 9.86. The number of aliphatic hydroxyl groups is 1. The molecule has 19 heavy (non-hydrogen) atoms. The first-order valence-corrected chi connectivity index (χ1v) is 6.52. The molecule has 0 saturated heterocycles. The van der Waals surface area contributed by atoms with Crippen molar-refractivity contribution in [3.05, 3.63) is 29.6 Å². The van der Waals surface area contributed by atoms with E-state index < -0.39 is 17.8 Å². The molecule has 1 aliphatic rings. The number of aliphatic hydroxyl groups excluding tert-OH is 1. The average molecular weight is 267 g/mol. The molecule has 0 aromatic heterocycles. The number of benzene rings is 1. The molecule has 1 aromatic carbocycles. The maximum atomic E-state index is 13.5. The van der Waals surface area contributed by atoms with Crippen molar-refractivity contribution in [2.24, 2.45) is 5.92 Å². The smallest absolute Gasteiger partial charge is 0.254 e. The van der Waals surface area contributed by atoms with E-state index in [9.17, 15) is 14.3 Å². The topological polar surface area (TPSA) is 69.6 Å². The first kappa shape index (κ1) is 13.8. The van der Waals surface area contributed by atoms with Crippen molar-refractivity contribution >= 4 is 5.91 Å². The first-order chi connectivity index (χ1) is 9.08. The van der Waals surface area contributed by atoms with Gasteiger partial charge in [-0.1, -0.05) is 12.8 Å². The van der Waals surface area contributed by atoms with E-state index in [4.69, 9.17) is 5.11 Å². The summed E-state index contributed by atoms with van der Waals surface area (Å²) in [5.41, 5.74) is -0.0944. The first-order valence-electron chi connectivity index (χ1n) is 6.52. The average Bonchev–Trinajstić information content (AvgIpc) is 2.37. The fraction of sp³-hybridized carbons (Fsp3) is 0.500. The number of nitrogens with one attached hydrogen (secondary N) is 1. The van der Waals surface area contributed by atoms with E-state index in [2.05, 4.69) is 5.32 Å². The SMILES string of the molecule is O=C(NCC1CCCCC1O)c1ccc(O)cc1F. The van der Waals surface area contributed by atoms with Gasteiger partial charge in [0, 0.05) is 18.5 Å². The molecule has 3 N–H and O–H groups in total. The summed E-state index contributed by atoms with van der Waals surface area (Å²) < 4.78 is 13.5. The second-order valence-corrected chi connectivity index (χ2v) is 4.99. The molecule has 5 heteroatoms. The Hall–Kier alpha value is -1.62. The van der Waals surface area contributed by atoms with Gasteiger partial charge in [0.05, 0.1) is 11.7 Å². The van der Waals surface area contributed by atoms with Crippen LogP contribution < -0.4 is 5.32 Å². The summed E-state index contributed by atoms with van der Waals surface area (Å²) in [6.45, 7) is 0.348. The Morgan fingerprint density at radius 1 is 1.37 bits per heavy atom. The van der Waals surface area contributed by atoms with Crippen molar-refractivity contribution in [2.75, 3.05) is 6.54 Å². The molecule has 1 amide bonds. The Morgan fingerprint density at radius 3 is 2.79 bits per heavy atom. The minimum atomic E-state index is -0.748. The zero-order chi connectivity index (χ0) is 13.8. The standard InChI is InChI=1S/C14H18FNO3/c15-12-7-10(17)5-6-11(12)14(19)16-8-9-3-1-2-4-13(9)18/h5-7,9,13,17-18H,1-4,8H2,(H,16,19). The molecule has 1 aromatic rings. The predicted octanol–water partition coefficient (Wildman–Crippen LogP) is 1.81. The Balaban J connectivity index is 1.93. The van der Waals surface area contributed by atoms with Crippen molar-refractivity contribution in [3.63, 3.8) is 0 Å². The molecule has 1 aliphatic carbocycles. The molecule has 4 nitrogen and oxygen atoms in total. The Kier molecular flexibility index (Phi) is 4.37. The highest BCUT2D eigenvalue weighted by atomic mass is 19.1. The lowest BCUT2D eigenvalue weighted by Crippen LogP contribution is -2.36. The van der Waals surface area contributed by atoms with Crippen LogP contribution in [0.4, 0.5) is 4.39 Å². The summed E-state index contributed by atoms with van der Waals surface area (Å²) in [6.07, 6.45) is 3.30. The van der Waals surface area contributed by atoms with Crippen LogP contribution >= 0.6 is 0 Å². The van der Waals surface area contributed by atoms with Crippen LogP contribution in [-0.4, -0.2) is 28.8 Å². The van der Waals surface area contributed by atoms with E-state index in [-0.39, 0.29) is 17.2 Å². The summed E-state index contributed by atoms with van der Waals surface area (Å²) in [6, 6.07) is 3.43. The van der Waals surface area contributed by atoms with Gasteiger partial charge in [-0.15, -0.1) is 0 Å². The monoisotopic (exact) mass is 267 g/mol. The largest absolute Gasteiger partial charge is 0.508 e. The van der Waals surface area contributed by atoms with Crippen molar-refractivity contribution in [1.82, 2.24) is 5.32 Å². The van der Waals surface area contributed by atoms with Crippen LogP contribution in [0.5, 0.6) is 5.75 Å². The third-order valence-electron chi connectivity index (χ3n) is 3.59. The predicted molar refractivity (Wildman–Crippen MR) is 68.4 cm³/mol. The quantitative estimate of drug-likeness (QED) is 0.782. The van der Waals surface area contributed by atoms with Crippen LogP contribution in [0.1, 0.15) is 36.0 Å². The Bertz CT molecular complexity index is 464. The van der Waals surface area contributed by atoms with E-state index in [0.717, 1.165) is 31.7 Å². The van der Waals surface area contributed by atoms with E-state index in [0.29, 0.717) is 6.54 Å². The van der Waals surface area contributed by atoms with Crippen LogP contribution in [0, 0.1) is 11.7 Å². The van der Waals surface area contributed by atoms with Crippen LogP contribution in [-0.2, 0) is 0 Å². The number of hydrogen-bond donors (Lipinski definition) is 3. The number of phenolic OH excluding ortho intramolecular Hbond substituents is 1. The number of carbonyl (C=O) groups excluding carboxylic acids is 1. The molecular weight excluding hydrogens is 249 g/mol. The summed E-state index contributed by atoms with van der Waals surface area (Å²) in [5.74, 6) is -1.44. The van der Waals surface area contributed by atoms with E-state index in [1.807, 2.05) is 0 Å². The third-order valence-corrected chi connectivity index (χ3v) is 3.59. The number of aromatic hydroxyl groups is 1. The number of amides is 1. The minimum absolute atomic E-state index is 0.0397. The minimum Gasteiger partial charge on any atom is -0.508 e. The molecule has 0 radical (unpaired) electrons. The molecule has 2 unspecified atom stereocenters. The maximum absolute atomic E-state index is 13.5. The van der Waals surface area contributed by atoms with Crippen LogP contribution in [0.3, 0.4) is 0 Å². The summed E-state index contributed by atoms with van der Waals surface area (Å²) in [5, 5.41) is 21.5. The number of rotatable bonds is 3. The zero-order valence-corrected chi connectivity index (χ0v) is 10.6. The van der Waals surface area contributed by atoms with Gasteiger partial charge in [-0.3, -0.25) is 4.79 Å². The molecule has 104 valence electrons. The molecule has 2 rings (SSSR count). The molecule has 0 heterocycles. The molecule has 0 bridgehead atoms. The Labute approximate surface area is 111 Å². The van der Waals surface area contributed by atoms with E-state index in [1.54, 1.807) is 0 Å². The normalized spacial score (nSPS) is 23.1.